The minimum atomic E-state index is -0.0661. The molecule has 3 atom stereocenters. The van der Waals surface area contributed by atoms with E-state index in [0.29, 0.717) is 6.04 Å². The van der Waals surface area contributed by atoms with Gasteiger partial charge in [0.05, 0.1) is 11.8 Å². The first-order valence-electron chi connectivity index (χ1n) is 5.10. The summed E-state index contributed by atoms with van der Waals surface area (Å²) in [7, 11) is 4.05. The van der Waals surface area contributed by atoms with Gasteiger partial charge in [0.1, 0.15) is 0 Å². The molecule has 1 saturated heterocycles. The Kier molecular flexibility index (Phi) is 2.31. The highest BCUT2D eigenvalue weighted by atomic mass is 16.2. The molecule has 2 amide bonds. The van der Waals surface area contributed by atoms with Crippen molar-refractivity contribution in [2.75, 3.05) is 14.1 Å². The lowest BCUT2D eigenvalue weighted by Gasteiger charge is -2.32. The van der Waals surface area contributed by atoms with Crippen LogP contribution in [0.3, 0.4) is 0 Å². The summed E-state index contributed by atoms with van der Waals surface area (Å²) in [5, 5.41) is 2.42. The Hall–Kier alpha value is -0.900. The number of carbonyl (C=O) groups excluding carboxylic acids is 2. The number of fused-ring (bicyclic) bond motifs is 1. The standard InChI is InChI=1S/C10H16N2O2/c1-12(2)6-3-4-7-8(5-6)10(14)11-9(7)13/h6-8H,3-5H2,1-2H3,(H,11,13,14). The summed E-state index contributed by atoms with van der Waals surface area (Å²) in [5.41, 5.74) is 0. The molecule has 0 bridgehead atoms. The number of imide groups is 1. The molecule has 0 aromatic rings. The van der Waals surface area contributed by atoms with Gasteiger partial charge in [0.15, 0.2) is 0 Å². The molecule has 2 fully saturated rings. The highest BCUT2D eigenvalue weighted by Gasteiger charge is 2.45. The number of hydrogen-bond donors (Lipinski definition) is 1. The average Bonchev–Trinajstić information content (AvgIpc) is 2.42. The lowest BCUT2D eigenvalue weighted by Crippen LogP contribution is -2.38. The molecule has 1 aliphatic carbocycles. The molecule has 0 radical (unpaired) electrons. The normalized spacial score (nSPS) is 37.2. The second-order valence-electron chi connectivity index (χ2n) is 4.50. The second-order valence-corrected chi connectivity index (χ2v) is 4.50. The van der Waals surface area contributed by atoms with Gasteiger partial charge >= 0.3 is 0 Å². The van der Waals surface area contributed by atoms with Crippen LogP contribution in [0.25, 0.3) is 0 Å². The third-order valence-electron chi connectivity index (χ3n) is 3.47. The summed E-state index contributed by atoms with van der Waals surface area (Å²) in [6.45, 7) is 0. The van der Waals surface area contributed by atoms with E-state index in [1.54, 1.807) is 0 Å². The summed E-state index contributed by atoms with van der Waals surface area (Å²) < 4.78 is 0. The molecule has 4 nitrogen and oxygen atoms in total. The summed E-state index contributed by atoms with van der Waals surface area (Å²) in [5.74, 6) is -0.230. The van der Waals surface area contributed by atoms with E-state index in [1.165, 1.54) is 0 Å². The molecule has 0 aromatic heterocycles. The monoisotopic (exact) mass is 196 g/mol. The van der Waals surface area contributed by atoms with E-state index in [4.69, 9.17) is 0 Å². The van der Waals surface area contributed by atoms with E-state index in [2.05, 4.69) is 10.2 Å². The van der Waals surface area contributed by atoms with Crippen LogP contribution >= 0.6 is 0 Å². The molecular formula is C10H16N2O2. The SMILES string of the molecule is CN(C)C1CCC2C(=O)NC(=O)C2C1. The fourth-order valence-electron chi connectivity index (χ4n) is 2.53. The molecule has 1 aliphatic heterocycles. The van der Waals surface area contributed by atoms with Crippen LogP contribution in [0.1, 0.15) is 19.3 Å². The third kappa shape index (κ3) is 1.43. The maximum absolute atomic E-state index is 11.4. The maximum atomic E-state index is 11.4. The number of nitrogens with one attached hydrogen (secondary N) is 1. The first-order chi connectivity index (χ1) is 6.59. The van der Waals surface area contributed by atoms with Crippen molar-refractivity contribution in [3.63, 3.8) is 0 Å². The minimum Gasteiger partial charge on any atom is -0.306 e. The van der Waals surface area contributed by atoms with Crippen molar-refractivity contribution in [1.82, 2.24) is 10.2 Å². The number of rotatable bonds is 1. The molecule has 2 aliphatic rings. The number of amides is 2. The van der Waals surface area contributed by atoms with Crippen LogP contribution in [-0.4, -0.2) is 36.9 Å². The van der Waals surface area contributed by atoms with Gasteiger partial charge in [-0.05, 0) is 33.4 Å². The van der Waals surface area contributed by atoms with Crippen molar-refractivity contribution in [3.8, 4) is 0 Å². The van der Waals surface area contributed by atoms with Crippen molar-refractivity contribution < 1.29 is 9.59 Å². The highest BCUT2D eigenvalue weighted by molar-refractivity contribution is 6.05. The smallest absolute Gasteiger partial charge is 0.230 e. The fourth-order valence-corrected chi connectivity index (χ4v) is 2.53. The molecule has 78 valence electrons. The Morgan fingerprint density at radius 2 is 1.79 bits per heavy atom. The van der Waals surface area contributed by atoms with Crippen LogP contribution in [0, 0.1) is 11.8 Å². The van der Waals surface area contributed by atoms with Gasteiger partial charge in [-0.2, -0.15) is 0 Å². The topological polar surface area (TPSA) is 49.4 Å². The molecule has 2 rings (SSSR count). The van der Waals surface area contributed by atoms with Crippen LogP contribution in [-0.2, 0) is 9.59 Å². The summed E-state index contributed by atoms with van der Waals surface area (Å²) >= 11 is 0. The van der Waals surface area contributed by atoms with Gasteiger partial charge in [0.25, 0.3) is 0 Å². The Bertz CT molecular complexity index is 275. The molecule has 1 heterocycles. The lowest BCUT2D eigenvalue weighted by atomic mass is 9.78. The van der Waals surface area contributed by atoms with Gasteiger partial charge in [-0.25, -0.2) is 0 Å². The molecule has 4 heteroatoms. The zero-order chi connectivity index (χ0) is 10.3. The molecule has 1 saturated carbocycles. The second kappa shape index (κ2) is 3.35. The summed E-state index contributed by atoms with van der Waals surface area (Å²) in [4.78, 5) is 24.9. The number of carbonyl (C=O) groups is 2. The predicted molar refractivity (Wildman–Crippen MR) is 51.5 cm³/mol. The van der Waals surface area contributed by atoms with Crippen molar-refractivity contribution in [2.24, 2.45) is 11.8 Å². The largest absolute Gasteiger partial charge is 0.306 e. The molecule has 1 N–H and O–H groups in total. The van der Waals surface area contributed by atoms with Gasteiger partial charge in [-0.15, -0.1) is 0 Å². The summed E-state index contributed by atoms with van der Waals surface area (Å²) in [6, 6.07) is 0.452. The molecule has 14 heavy (non-hydrogen) atoms. The molecule has 0 spiro atoms. The van der Waals surface area contributed by atoms with E-state index in [9.17, 15) is 9.59 Å². The molecule has 3 unspecified atom stereocenters. The lowest BCUT2D eigenvalue weighted by molar-refractivity contribution is -0.126. The van der Waals surface area contributed by atoms with Crippen LogP contribution < -0.4 is 5.32 Å². The number of nitrogens with zero attached hydrogens (tertiary/aromatic N) is 1. The maximum Gasteiger partial charge on any atom is 0.230 e. The van der Waals surface area contributed by atoms with Gasteiger partial charge in [0.2, 0.25) is 11.8 Å². The number of hydrogen-bond acceptors (Lipinski definition) is 3. The van der Waals surface area contributed by atoms with Crippen LogP contribution in [0.5, 0.6) is 0 Å². The van der Waals surface area contributed by atoms with E-state index in [-0.39, 0.29) is 23.7 Å². The zero-order valence-electron chi connectivity index (χ0n) is 8.62. The van der Waals surface area contributed by atoms with Gasteiger partial charge in [0, 0.05) is 6.04 Å². The van der Waals surface area contributed by atoms with Crippen molar-refractivity contribution >= 4 is 11.8 Å². The first-order valence-corrected chi connectivity index (χ1v) is 5.10. The third-order valence-corrected chi connectivity index (χ3v) is 3.47. The van der Waals surface area contributed by atoms with Gasteiger partial charge < -0.3 is 4.90 Å². The first kappa shape index (κ1) is 9.65. The van der Waals surface area contributed by atoms with E-state index in [1.807, 2.05) is 14.1 Å². The summed E-state index contributed by atoms with van der Waals surface area (Å²) in [6.07, 6.45) is 2.70. The highest BCUT2D eigenvalue weighted by Crippen LogP contribution is 2.35. The van der Waals surface area contributed by atoms with Crippen molar-refractivity contribution in [1.29, 1.82) is 0 Å². The zero-order valence-corrected chi connectivity index (χ0v) is 8.62. The van der Waals surface area contributed by atoms with E-state index >= 15 is 0 Å². The van der Waals surface area contributed by atoms with E-state index < -0.39 is 0 Å². The van der Waals surface area contributed by atoms with Crippen molar-refractivity contribution in [2.45, 2.75) is 25.3 Å². The molecular weight excluding hydrogens is 180 g/mol. The predicted octanol–water partition coefficient (Wildman–Crippen LogP) is -0.0107. The Labute approximate surface area is 83.6 Å². The quantitative estimate of drug-likeness (QED) is 0.600. The molecule has 0 aromatic carbocycles. The fraction of sp³-hybridized carbons (Fsp3) is 0.800. The van der Waals surface area contributed by atoms with Gasteiger partial charge in [-0.1, -0.05) is 0 Å². The average molecular weight is 196 g/mol. The van der Waals surface area contributed by atoms with E-state index in [0.717, 1.165) is 19.3 Å². The van der Waals surface area contributed by atoms with Crippen LogP contribution in [0.4, 0.5) is 0 Å². The van der Waals surface area contributed by atoms with Crippen molar-refractivity contribution in [3.05, 3.63) is 0 Å². The van der Waals surface area contributed by atoms with Crippen LogP contribution in [0.2, 0.25) is 0 Å². The van der Waals surface area contributed by atoms with Crippen LogP contribution in [0.15, 0.2) is 0 Å². The Morgan fingerprint density at radius 3 is 2.43 bits per heavy atom. The van der Waals surface area contributed by atoms with Gasteiger partial charge in [-0.3, -0.25) is 14.9 Å². The minimum absolute atomic E-state index is 0.0429. The Morgan fingerprint density at radius 1 is 1.14 bits per heavy atom. The Balaban J connectivity index is 2.09.